The van der Waals surface area contributed by atoms with E-state index < -0.39 is 16.0 Å². The highest BCUT2D eigenvalue weighted by Gasteiger charge is 2.12. The van der Waals surface area contributed by atoms with Crippen molar-refractivity contribution in [1.82, 2.24) is 9.78 Å². The van der Waals surface area contributed by atoms with Gasteiger partial charge in [-0.15, -0.1) is 0 Å². The van der Waals surface area contributed by atoms with Gasteiger partial charge in [0.05, 0.1) is 17.1 Å². The molecule has 0 bridgehead atoms. The zero-order valence-electron chi connectivity index (χ0n) is 18.2. The van der Waals surface area contributed by atoms with Gasteiger partial charge in [-0.25, -0.2) is 23.0 Å². The van der Waals surface area contributed by atoms with Crippen LogP contribution in [-0.2, 0) is 26.1 Å². The Morgan fingerprint density at radius 3 is 2.39 bits per heavy atom. The molecule has 2 aromatic carbocycles. The topological polar surface area (TPSA) is 114 Å². The normalized spacial score (nSPS) is 11.6. The first kappa shape index (κ1) is 24.5. The molecule has 0 fully saturated rings. The molecule has 3 rings (SSSR count). The quantitative estimate of drug-likeness (QED) is 0.279. The fourth-order valence-electron chi connectivity index (χ4n) is 2.95. The highest BCUT2D eigenvalue weighted by atomic mass is 35.5. The Hall–Kier alpha value is -3.14. The molecule has 33 heavy (non-hydrogen) atoms. The van der Waals surface area contributed by atoms with Crippen molar-refractivity contribution >= 4 is 33.7 Å². The number of ether oxygens (including phenoxy) is 2. The van der Waals surface area contributed by atoms with Gasteiger partial charge < -0.3 is 9.47 Å². The minimum absolute atomic E-state index is 0.0115. The van der Waals surface area contributed by atoms with E-state index in [1.54, 1.807) is 10.8 Å². The van der Waals surface area contributed by atoms with Gasteiger partial charge in [0.2, 0.25) is 10.0 Å². The molecule has 3 aromatic rings. The number of esters is 1. The summed E-state index contributed by atoms with van der Waals surface area (Å²) >= 11 is 6.46. The molecule has 0 atom stereocenters. The maximum Gasteiger partial charge on any atom is 0.330 e. The lowest BCUT2D eigenvalue weighted by Crippen LogP contribution is -2.12. The summed E-state index contributed by atoms with van der Waals surface area (Å²) in [5.41, 5.74) is 3.59. The molecule has 0 aliphatic heterocycles. The van der Waals surface area contributed by atoms with Crippen molar-refractivity contribution in [3.8, 4) is 5.75 Å². The predicted octanol–water partition coefficient (Wildman–Crippen LogP) is 3.48. The molecular formula is C23H24ClN3O5S. The number of aromatic nitrogens is 2. The van der Waals surface area contributed by atoms with Crippen LogP contribution in [0.3, 0.4) is 0 Å². The Morgan fingerprint density at radius 2 is 1.76 bits per heavy atom. The zero-order chi connectivity index (χ0) is 24.0. The summed E-state index contributed by atoms with van der Waals surface area (Å²) in [5, 5.41) is 9.93. The third kappa shape index (κ3) is 6.92. The summed E-state index contributed by atoms with van der Waals surface area (Å²) in [7, 11) is -3.76. The molecule has 0 spiro atoms. The fraction of sp³-hybridized carbons (Fsp3) is 0.217. The van der Waals surface area contributed by atoms with Gasteiger partial charge in [-0.1, -0.05) is 41.4 Å². The minimum atomic E-state index is -3.76. The van der Waals surface area contributed by atoms with E-state index >= 15 is 0 Å². The number of rotatable bonds is 9. The smallest absolute Gasteiger partial charge is 0.330 e. The second-order valence-electron chi connectivity index (χ2n) is 7.30. The average Bonchev–Trinajstić information content (AvgIpc) is 3.03. The van der Waals surface area contributed by atoms with Gasteiger partial charge in [0.25, 0.3) is 0 Å². The summed E-state index contributed by atoms with van der Waals surface area (Å²) < 4.78 is 34.7. The maximum absolute atomic E-state index is 12.0. The summed E-state index contributed by atoms with van der Waals surface area (Å²) in [5.74, 6) is -0.123. The average molecular weight is 490 g/mol. The number of sulfonamides is 1. The van der Waals surface area contributed by atoms with E-state index in [-0.39, 0.29) is 18.1 Å². The molecule has 1 heterocycles. The number of carbonyl (C=O) groups excluding carboxylic acids is 1. The standard InChI is InChI=1S/C23H24ClN3O5S/c1-16-3-5-18(6-4-16)15-27-23(24)21(17(2)26-27)11-12-22(28)32-14-13-31-19-7-9-20(10-8-19)33(25,29)30/h3-12H,13-15H2,1-2H3,(H2,25,29,30)/b12-11+. The van der Waals surface area contributed by atoms with Crippen molar-refractivity contribution in [2.75, 3.05) is 13.2 Å². The van der Waals surface area contributed by atoms with Crippen molar-refractivity contribution < 1.29 is 22.7 Å². The lowest BCUT2D eigenvalue weighted by Gasteiger charge is -2.07. The van der Waals surface area contributed by atoms with Crippen molar-refractivity contribution in [1.29, 1.82) is 0 Å². The molecule has 0 amide bonds. The first-order chi connectivity index (χ1) is 15.6. The molecule has 0 radical (unpaired) electrons. The molecule has 2 N–H and O–H groups in total. The molecule has 8 nitrogen and oxygen atoms in total. The Balaban J connectivity index is 1.50. The van der Waals surface area contributed by atoms with E-state index in [2.05, 4.69) is 5.10 Å². The zero-order valence-corrected chi connectivity index (χ0v) is 19.8. The number of nitrogens with zero attached hydrogens (tertiary/aromatic N) is 2. The van der Waals surface area contributed by atoms with E-state index in [0.29, 0.717) is 28.7 Å². The molecule has 0 aliphatic carbocycles. The Bertz CT molecular complexity index is 1250. The number of primary sulfonamides is 1. The number of halogens is 1. The van der Waals surface area contributed by atoms with Crippen LogP contribution in [0.5, 0.6) is 5.75 Å². The van der Waals surface area contributed by atoms with E-state index in [4.69, 9.17) is 26.2 Å². The van der Waals surface area contributed by atoms with Gasteiger partial charge in [0.15, 0.2) is 0 Å². The predicted molar refractivity (Wildman–Crippen MR) is 126 cm³/mol. The number of benzene rings is 2. The Kier molecular flexibility index (Phi) is 7.91. The first-order valence-corrected chi connectivity index (χ1v) is 11.9. The van der Waals surface area contributed by atoms with Crippen LogP contribution in [0.15, 0.2) is 59.5 Å². The van der Waals surface area contributed by atoms with Crippen LogP contribution in [-0.4, -0.2) is 37.4 Å². The van der Waals surface area contributed by atoms with E-state index in [1.165, 1.54) is 35.9 Å². The van der Waals surface area contributed by atoms with Crippen molar-refractivity contribution in [2.24, 2.45) is 5.14 Å². The van der Waals surface area contributed by atoms with Gasteiger partial charge in [0, 0.05) is 11.6 Å². The van der Waals surface area contributed by atoms with Crippen LogP contribution in [0, 0.1) is 13.8 Å². The lowest BCUT2D eigenvalue weighted by atomic mass is 10.1. The molecule has 0 saturated heterocycles. The summed E-state index contributed by atoms with van der Waals surface area (Å²) in [6, 6.07) is 13.7. The van der Waals surface area contributed by atoms with Gasteiger partial charge >= 0.3 is 5.97 Å². The van der Waals surface area contributed by atoms with Crippen LogP contribution in [0.1, 0.15) is 22.4 Å². The molecular weight excluding hydrogens is 466 g/mol. The van der Waals surface area contributed by atoms with Crippen molar-refractivity contribution in [2.45, 2.75) is 25.3 Å². The molecule has 0 saturated carbocycles. The highest BCUT2D eigenvalue weighted by Crippen LogP contribution is 2.22. The third-order valence-electron chi connectivity index (χ3n) is 4.70. The van der Waals surface area contributed by atoms with Crippen molar-refractivity contribution in [3.05, 3.63) is 82.1 Å². The number of nitrogens with two attached hydrogens (primary N) is 1. The van der Waals surface area contributed by atoms with Gasteiger partial charge in [-0.2, -0.15) is 5.10 Å². The Morgan fingerprint density at radius 1 is 1.09 bits per heavy atom. The second kappa shape index (κ2) is 10.7. The van der Waals surface area contributed by atoms with Crippen LogP contribution < -0.4 is 9.88 Å². The van der Waals surface area contributed by atoms with Gasteiger partial charge in [0.1, 0.15) is 24.1 Å². The fourth-order valence-corrected chi connectivity index (χ4v) is 3.77. The minimum Gasteiger partial charge on any atom is -0.490 e. The van der Waals surface area contributed by atoms with Crippen LogP contribution in [0.25, 0.3) is 6.08 Å². The SMILES string of the molecule is Cc1ccc(Cn2nc(C)c(/C=C/C(=O)OCCOc3ccc(S(N)(=O)=O)cc3)c2Cl)cc1. The molecule has 0 unspecified atom stereocenters. The molecule has 10 heteroatoms. The van der Waals surface area contributed by atoms with E-state index in [9.17, 15) is 13.2 Å². The van der Waals surface area contributed by atoms with Crippen molar-refractivity contribution in [3.63, 3.8) is 0 Å². The third-order valence-corrected chi connectivity index (χ3v) is 6.02. The number of hydrogen-bond acceptors (Lipinski definition) is 6. The number of aryl methyl sites for hydroxylation is 2. The Labute approximate surface area is 197 Å². The second-order valence-corrected chi connectivity index (χ2v) is 9.22. The van der Waals surface area contributed by atoms with E-state index in [1.807, 2.05) is 38.1 Å². The first-order valence-electron chi connectivity index (χ1n) is 10.0. The highest BCUT2D eigenvalue weighted by molar-refractivity contribution is 7.89. The van der Waals surface area contributed by atoms with Gasteiger partial charge in [-0.05, 0) is 49.8 Å². The van der Waals surface area contributed by atoms with Crippen LogP contribution in [0.2, 0.25) is 5.15 Å². The number of hydrogen-bond donors (Lipinski definition) is 1. The van der Waals surface area contributed by atoms with E-state index in [0.717, 1.165) is 5.56 Å². The van der Waals surface area contributed by atoms with Crippen LogP contribution >= 0.6 is 11.6 Å². The monoisotopic (exact) mass is 489 g/mol. The maximum atomic E-state index is 12.0. The number of carbonyl (C=O) groups is 1. The lowest BCUT2D eigenvalue weighted by molar-refractivity contribution is -0.138. The largest absolute Gasteiger partial charge is 0.490 e. The summed E-state index contributed by atoms with van der Waals surface area (Å²) in [4.78, 5) is 12.0. The molecule has 0 aliphatic rings. The molecule has 1 aromatic heterocycles. The summed E-state index contributed by atoms with van der Waals surface area (Å²) in [6.45, 7) is 4.48. The summed E-state index contributed by atoms with van der Waals surface area (Å²) in [6.07, 6.45) is 2.86. The van der Waals surface area contributed by atoms with Gasteiger partial charge in [-0.3, -0.25) is 0 Å². The van der Waals surface area contributed by atoms with Crippen LogP contribution in [0.4, 0.5) is 0 Å². The molecule has 174 valence electrons.